The van der Waals surface area contributed by atoms with Crippen LogP contribution in [0.15, 0.2) is 11.0 Å². The van der Waals surface area contributed by atoms with Gasteiger partial charge in [0.2, 0.25) is 0 Å². The molecule has 0 aliphatic heterocycles. The Bertz CT molecular complexity index is 394. The third-order valence-corrected chi connectivity index (χ3v) is 2.15. The maximum absolute atomic E-state index is 11.6. The summed E-state index contributed by atoms with van der Waals surface area (Å²) in [5.74, 6) is -0.0132. The van der Waals surface area contributed by atoms with Crippen molar-refractivity contribution in [2.75, 3.05) is 6.61 Å². The lowest BCUT2D eigenvalue weighted by Gasteiger charge is -2.17. The van der Waals surface area contributed by atoms with Gasteiger partial charge in [-0.25, -0.2) is 4.79 Å². The number of aromatic amines is 2. The van der Waals surface area contributed by atoms with E-state index in [1.807, 2.05) is 13.8 Å². The fraction of sp³-hybridized carbons (Fsp3) is 0.600. The van der Waals surface area contributed by atoms with Gasteiger partial charge in [0, 0.05) is 6.20 Å². The van der Waals surface area contributed by atoms with Crippen molar-refractivity contribution in [3.8, 4) is 0 Å². The standard InChI is InChI=1S/C10H17N3O3/c1-6(2)3-7(5-14)12-9(15)8-4-11-10(16)13-8/h4,6-7,14H,3,5H2,1-2H3,(H,12,15)(H2,11,13,16). The summed E-state index contributed by atoms with van der Waals surface area (Å²) in [7, 11) is 0. The molecular weight excluding hydrogens is 210 g/mol. The number of H-pyrrole nitrogens is 2. The number of nitrogens with one attached hydrogen (secondary N) is 3. The van der Waals surface area contributed by atoms with Crippen LogP contribution in [0.5, 0.6) is 0 Å². The Morgan fingerprint density at radius 1 is 1.56 bits per heavy atom. The van der Waals surface area contributed by atoms with Crippen molar-refractivity contribution < 1.29 is 9.90 Å². The highest BCUT2D eigenvalue weighted by atomic mass is 16.3. The molecule has 1 unspecified atom stereocenters. The third-order valence-electron chi connectivity index (χ3n) is 2.15. The average molecular weight is 227 g/mol. The van der Waals surface area contributed by atoms with Gasteiger partial charge in [-0.15, -0.1) is 0 Å². The Hall–Kier alpha value is -1.56. The van der Waals surface area contributed by atoms with Gasteiger partial charge in [0.25, 0.3) is 5.91 Å². The van der Waals surface area contributed by atoms with Crippen molar-refractivity contribution in [1.82, 2.24) is 15.3 Å². The predicted molar refractivity (Wildman–Crippen MR) is 59.2 cm³/mol. The molecule has 1 aromatic rings. The first-order chi connectivity index (χ1) is 7.52. The maximum Gasteiger partial charge on any atom is 0.323 e. The number of rotatable bonds is 5. The molecule has 1 amide bonds. The van der Waals surface area contributed by atoms with E-state index in [1.165, 1.54) is 6.20 Å². The molecule has 0 radical (unpaired) electrons. The third kappa shape index (κ3) is 3.54. The smallest absolute Gasteiger partial charge is 0.323 e. The summed E-state index contributed by atoms with van der Waals surface area (Å²) in [4.78, 5) is 27.1. The van der Waals surface area contributed by atoms with Crippen LogP contribution in [0.25, 0.3) is 0 Å². The van der Waals surface area contributed by atoms with E-state index < -0.39 is 11.6 Å². The topological polar surface area (TPSA) is 98.0 Å². The average Bonchev–Trinajstić information content (AvgIpc) is 2.63. The molecule has 0 aliphatic carbocycles. The summed E-state index contributed by atoms with van der Waals surface area (Å²) < 4.78 is 0. The number of carbonyl (C=O) groups is 1. The lowest BCUT2D eigenvalue weighted by molar-refractivity contribution is 0.0903. The molecule has 1 aromatic heterocycles. The second-order valence-corrected chi connectivity index (χ2v) is 4.14. The Kier molecular flexibility index (Phi) is 4.30. The van der Waals surface area contributed by atoms with Gasteiger partial charge in [0.05, 0.1) is 12.6 Å². The number of carbonyl (C=O) groups excluding carboxylic acids is 1. The predicted octanol–water partition coefficient (Wildman–Crippen LogP) is -0.160. The fourth-order valence-corrected chi connectivity index (χ4v) is 1.47. The van der Waals surface area contributed by atoms with Gasteiger partial charge in [-0.2, -0.15) is 0 Å². The minimum Gasteiger partial charge on any atom is -0.394 e. The lowest BCUT2D eigenvalue weighted by Crippen LogP contribution is -2.38. The Balaban J connectivity index is 2.58. The van der Waals surface area contributed by atoms with Crippen molar-refractivity contribution in [2.45, 2.75) is 26.3 Å². The minimum absolute atomic E-state index is 0.113. The van der Waals surface area contributed by atoms with Gasteiger partial charge in [0.1, 0.15) is 5.69 Å². The highest BCUT2D eigenvalue weighted by molar-refractivity contribution is 5.92. The SMILES string of the molecule is CC(C)CC(CO)NC(=O)c1c[nH]c(=O)[nH]1. The first-order valence-corrected chi connectivity index (χ1v) is 5.22. The Labute approximate surface area is 93.1 Å². The van der Waals surface area contributed by atoms with E-state index in [0.29, 0.717) is 12.3 Å². The van der Waals surface area contributed by atoms with E-state index in [0.717, 1.165) is 0 Å². The molecule has 1 rings (SSSR count). The van der Waals surface area contributed by atoms with E-state index in [-0.39, 0.29) is 18.3 Å². The van der Waals surface area contributed by atoms with Crippen molar-refractivity contribution in [1.29, 1.82) is 0 Å². The van der Waals surface area contributed by atoms with Crippen LogP contribution in [-0.2, 0) is 0 Å². The fourth-order valence-electron chi connectivity index (χ4n) is 1.47. The van der Waals surface area contributed by atoms with Gasteiger partial charge in [-0.05, 0) is 12.3 Å². The molecule has 1 heterocycles. The maximum atomic E-state index is 11.6. The second kappa shape index (κ2) is 5.50. The molecule has 4 N–H and O–H groups in total. The zero-order valence-corrected chi connectivity index (χ0v) is 9.41. The molecule has 0 spiro atoms. The summed E-state index contributed by atoms with van der Waals surface area (Å²) in [5.41, 5.74) is -0.248. The second-order valence-electron chi connectivity index (χ2n) is 4.14. The van der Waals surface area contributed by atoms with Crippen molar-refractivity contribution in [3.05, 3.63) is 22.4 Å². The molecule has 16 heavy (non-hydrogen) atoms. The summed E-state index contributed by atoms with van der Waals surface area (Å²) in [6.07, 6.45) is 2.00. The van der Waals surface area contributed by atoms with Crippen LogP contribution in [-0.4, -0.2) is 33.6 Å². The molecule has 6 nitrogen and oxygen atoms in total. The monoisotopic (exact) mass is 227 g/mol. The number of aromatic nitrogens is 2. The Morgan fingerprint density at radius 3 is 2.69 bits per heavy atom. The molecule has 0 saturated carbocycles. The minimum atomic E-state index is -0.422. The lowest BCUT2D eigenvalue weighted by atomic mass is 10.0. The number of aliphatic hydroxyl groups is 1. The van der Waals surface area contributed by atoms with Crippen LogP contribution in [0.4, 0.5) is 0 Å². The van der Waals surface area contributed by atoms with Crippen molar-refractivity contribution in [2.24, 2.45) is 5.92 Å². The molecule has 0 aliphatic rings. The summed E-state index contributed by atoms with van der Waals surface area (Å²) >= 11 is 0. The molecule has 0 saturated heterocycles. The summed E-state index contributed by atoms with van der Waals surface area (Å²) in [6.45, 7) is 3.90. The van der Waals surface area contributed by atoms with Crippen molar-refractivity contribution in [3.63, 3.8) is 0 Å². The molecule has 0 aromatic carbocycles. The molecule has 0 bridgehead atoms. The number of amides is 1. The van der Waals surface area contributed by atoms with E-state index in [9.17, 15) is 9.59 Å². The number of imidazole rings is 1. The van der Waals surface area contributed by atoms with Crippen LogP contribution < -0.4 is 11.0 Å². The number of hydrogen-bond donors (Lipinski definition) is 4. The first kappa shape index (κ1) is 12.5. The van der Waals surface area contributed by atoms with Crippen molar-refractivity contribution >= 4 is 5.91 Å². The molecule has 90 valence electrons. The molecule has 1 atom stereocenters. The van der Waals surface area contributed by atoms with Crippen LogP contribution in [0.1, 0.15) is 30.8 Å². The Morgan fingerprint density at radius 2 is 2.25 bits per heavy atom. The highest BCUT2D eigenvalue weighted by Gasteiger charge is 2.15. The summed E-state index contributed by atoms with van der Waals surface area (Å²) in [5, 5.41) is 11.7. The van der Waals surface area contributed by atoms with Gasteiger partial charge >= 0.3 is 5.69 Å². The van der Waals surface area contributed by atoms with Gasteiger partial charge in [-0.3, -0.25) is 4.79 Å². The van der Waals surface area contributed by atoms with E-state index >= 15 is 0 Å². The van der Waals surface area contributed by atoms with Crippen LogP contribution in [0.3, 0.4) is 0 Å². The first-order valence-electron chi connectivity index (χ1n) is 5.22. The highest BCUT2D eigenvalue weighted by Crippen LogP contribution is 2.04. The molecule has 0 fully saturated rings. The van der Waals surface area contributed by atoms with Gasteiger partial charge < -0.3 is 20.4 Å². The van der Waals surface area contributed by atoms with Gasteiger partial charge in [0.15, 0.2) is 0 Å². The van der Waals surface area contributed by atoms with Gasteiger partial charge in [-0.1, -0.05) is 13.8 Å². The number of hydrogen-bond acceptors (Lipinski definition) is 3. The van der Waals surface area contributed by atoms with E-state index in [1.54, 1.807) is 0 Å². The van der Waals surface area contributed by atoms with E-state index in [4.69, 9.17) is 5.11 Å². The van der Waals surface area contributed by atoms with E-state index in [2.05, 4.69) is 15.3 Å². The van der Waals surface area contributed by atoms with Crippen LogP contribution >= 0.6 is 0 Å². The quantitative estimate of drug-likeness (QED) is 0.562. The molecular formula is C10H17N3O3. The normalized spacial score (nSPS) is 12.8. The largest absolute Gasteiger partial charge is 0.394 e. The molecule has 6 heteroatoms. The number of aliphatic hydroxyl groups excluding tert-OH is 1. The zero-order chi connectivity index (χ0) is 12.1. The van der Waals surface area contributed by atoms with Crippen LogP contribution in [0, 0.1) is 5.92 Å². The van der Waals surface area contributed by atoms with Crippen LogP contribution in [0.2, 0.25) is 0 Å². The zero-order valence-electron chi connectivity index (χ0n) is 9.41. The summed E-state index contributed by atoms with van der Waals surface area (Å²) in [6, 6.07) is -0.286.